The van der Waals surface area contributed by atoms with Crippen molar-refractivity contribution < 1.29 is 23.5 Å². The van der Waals surface area contributed by atoms with Crippen molar-refractivity contribution in [3.8, 4) is 0 Å². The van der Waals surface area contributed by atoms with Crippen molar-refractivity contribution in [2.24, 2.45) is 0 Å². The SMILES string of the molecule is O=C1C(=O)N(c2nc3ccc(F)cc3s2)[C@@H](c2cccc(Cl)c2)/C1=C(\O)c1ccc(F)cc1. The zero-order valence-corrected chi connectivity index (χ0v) is 18.2. The Hall–Kier alpha value is -3.62. The van der Waals surface area contributed by atoms with Crippen LogP contribution < -0.4 is 4.90 Å². The van der Waals surface area contributed by atoms with Crippen LogP contribution >= 0.6 is 22.9 Å². The second-order valence-corrected chi connectivity index (χ2v) is 8.79. The van der Waals surface area contributed by atoms with Gasteiger partial charge in [-0.05, 0) is 60.2 Å². The predicted molar refractivity (Wildman–Crippen MR) is 122 cm³/mol. The average molecular weight is 483 g/mol. The highest BCUT2D eigenvalue weighted by Gasteiger charge is 2.48. The molecule has 1 aliphatic rings. The standard InChI is InChI=1S/C24H13ClF2N2O3S/c25-14-3-1-2-13(10-14)20-19(21(30)12-4-6-15(26)7-5-12)22(31)23(32)29(20)24-28-17-9-8-16(27)11-18(17)33-24/h1-11,20,30H/b21-19+/t20-/m0/s1. The lowest BCUT2D eigenvalue weighted by molar-refractivity contribution is -0.132. The lowest BCUT2D eigenvalue weighted by Crippen LogP contribution is -2.29. The van der Waals surface area contributed by atoms with E-state index in [0.717, 1.165) is 23.5 Å². The minimum atomic E-state index is -1.04. The number of nitrogens with zero attached hydrogens (tertiary/aromatic N) is 2. The molecular weight excluding hydrogens is 470 g/mol. The van der Waals surface area contributed by atoms with Crippen LogP contribution in [0.5, 0.6) is 0 Å². The van der Waals surface area contributed by atoms with Crippen LogP contribution in [0.2, 0.25) is 5.02 Å². The number of hydrogen-bond donors (Lipinski definition) is 1. The fraction of sp³-hybridized carbons (Fsp3) is 0.0417. The second-order valence-electron chi connectivity index (χ2n) is 7.34. The molecule has 1 N–H and O–H groups in total. The zero-order valence-electron chi connectivity index (χ0n) is 16.6. The van der Waals surface area contributed by atoms with Crippen molar-refractivity contribution in [3.05, 3.63) is 100 Å². The number of rotatable bonds is 3. The number of Topliss-reactive ketones (excluding diaryl/α,β-unsaturated/α-hetero) is 1. The number of benzene rings is 3. The van der Waals surface area contributed by atoms with Gasteiger partial charge in [0.1, 0.15) is 17.4 Å². The number of aliphatic hydroxyl groups excluding tert-OH is 1. The molecule has 5 nitrogen and oxygen atoms in total. The number of carbonyl (C=O) groups is 2. The average Bonchev–Trinajstić information content (AvgIpc) is 3.32. The molecular formula is C24H13ClF2N2O3S. The number of amides is 1. The van der Waals surface area contributed by atoms with Gasteiger partial charge in [-0.1, -0.05) is 35.1 Å². The van der Waals surface area contributed by atoms with E-state index < -0.39 is 35.1 Å². The Morgan fingerprint density at radius 3 is 2.45 bits per heavy atom. The fourth-order valence-corrected chi connectivity index (χ4v) is 4.99. The molecule has 0 radical (unpaired) electrons. The minimum absolute atomic E-state index is 0.167. The summed E-state index contributed by atoms with van der Waals surface area (Å²) < 4.78 is 27.6. The van der Waals surface area contributed by atoms with Crippen molar-refractivity contribution >= 4 is 55.7 Å². The van der Waals surface area contributed by atoms with Gasteiger partial charge in [0.2, 0.25) is 0 Å². The maximum Gasteiger partial charge on any atom is 0.301 e. The molecule has 1 saturated heterocycles. The maximum absolute atomic E-state index is 13.7. The monoisotopic (exact) mass is 482 g/mol. The highest BCUT2D eigenvalue weighted by Crippen LogP contribution is 2.44. The van der Waals surface area contributed by atoms with Gasteiger partial charge in [0, 0.05) is 10.6 Å². The van der Waals surface area contributed by atoms with Crippen LogP contribution in [0.1, 0.15) is 17.2 Å². The first-order chi connectivity index (χ1) is 15.8. The van der Waals surface area contributed by atoms with Crippen molar-refractivity contribution in [1.82, 2.24) is 4.98 Å². The van der Waals surface area contributed by atoms with E-state index in [1.54, 1.807) is 24.3 Å². The van der Waals surface area contributed by atoms with Crippen molar-refractivity contribution in [3.63, 3.8) is 0 Å². The van der Waals surface area contributed by atoms with E-state index in [1.165, 1.54) is 35.2 Å². The number of hydrogen-bond acceptors (Lipinski definition) is 5. The molecule has 164 valence electrons. The summed E-state index contributed by atoms with van der Waals surface area (Å²) in [5.41, 5.74) is 0.921. The van der Waals surface area contributed by atoms with Gasteiger partial charge in [-0.25, -0.2) is 13.8 Å². The van der Waals surface area contributed by atoms with Gasteiger partial charge in [0.25, 0.3) is 5.78 Å². The summed E-state index contributed by atoms with van der Waals surface area (Å²) in [6.45, 7) is 0. The third-order valence-corrected chi connectivity index (χ3v) is 6.52. The molecule has 4 aromatic rings. The Labute approximate surface area is 195 Å². The van der Waals surface area contributed by atoms with Crippen LogP contribution in [0.3, 0.4) is 0 Å². The second kappa shape index (κ2) is 8.06. The van der Waals surface area contributed by atoms with E-state index in [1.807, 2.05) is 0 Å². The summed E-state index contributed by atoms with van der Waals surface area (Å²) in [7, 11) is 0. The summed E-state index contributed by atoms with van der Waals surface area (Å²) in [6.07, 6.45) is 0. The smallest absolute Gasteiger partial charge is 0.301 e. The Bertz CT molecular complexity index is 1470. The Morgan fingerprint density at radius 2 is 1.73 bits per heavy atom. The molecule has 1 amide bonds. The maximum atomic E-state index is 13.7. The number of halogens is 3. The van der Waals surface area contributed by atoms with Crippen molar-refractivity contribution in [2.75, 3.05) is 4.90 Å². The van der Waals surface area contributed by atoms with Gasteiger partial charge in [-0.3, -0.25) is 14.5 Å². The van der Waals surface area contributed by atoms with Gasteiger partial charge in [0.05, 0.1) is 21.8 Å². The van der Waals surface area contributed by atoms with E-state index in [2.05, 4.69) is 4.98 Å². The highest BCUT2D eigenvalue weighted by atomic mass is 35.5. The topological polar surface area (TPSA) is 70.5 Å². The molecule has 1 aliphatic heterocycles. The first kappa shape index (κ1) is 21.2. The van der Waals surface area contributed by atoms with Crippen LogP contribution in [0.25, 0.3) is 16.0 Å². The van der Waals surface area contributed by atoms with Crippen LogP contribution in [0.4, 0.5) is 13.9 Å². The first-order valence-corrected chi connectivity index (χ1v) is 10.9. The van der Waals surface area contributed by atoms with Crippen LogP contribution in [0, 0.1) is 11.6 Å². The van der Waals surface area contributed by atoms with E-state index in [4.69, 9.17) is 11.6 Å². The Balaban J connectivity index is 1.74. The summed E-state index contributed by atoms with van der Waals surface area (Å²) in [5, 5.41) is 11.5. The third kappa shape index (κ3) is 3.67. The number of aliphatic hydroxyl groups is 1. The van der Waals surface area contributed by atoms with Crippen molar-refractivity contribution in [2.45, 2.75) is 6.04 Å². The van der Waals surface area contributed by atoms with E-state index in [9.17, 15) is 23.5 Å². The van der Waals surface area contributed by atoms with E-state index in [0.29, 0.717) is 20.8 Å². The molecule has 0 spiro atoms. The summed E-state index contributed by atoms with van der Waals surface area (Å²) in [6, 6.07) is 14.4. The van der Waals surface area contributed by atoms with Gasteiger partial charge in [0.15, 0.2) is 5.13 Å². The van der Waals surface area contributed by atoms with Gasteiger partial charge in [-0.15, -0.1) is 0 Å². The molecule has 1 aromatic heterocycles. The quantitative estimate of drug-likeness (QED) is 0.226. The molecule has 5 rings (SSSR count). The minimum Gasteiger partial charge on any atom is -0.507 e. The number of ketones is 1. The number of carbonyl (C=O) groups excluding carboxylic acids is 2. The predicted octanol–water partition coefficient (Wildman–Crippen LogP) is 5.85. The lowest BCUT2D eigenvalue weighted by Gasteiger charge is -2.23. The number of fused-ring (bicyclic) bond motifs is 1. The van der Waals surface area contributed by atoms with Gasteiger partial charge in [-0.2, -0.15) is 0 Å². The van der Waals surface area contributed by atoms with Crippen LogP contribution in [-0.4, -0.2) is 21.8 Å². The highest BCUT2D eigenvalue weighted by molar-refractivity contribution is 7.22. The summed E-state index contributed by atoms with van der Waals surface area (Å²) in [5.74, 6) is -3.24. The van der Waals surface area contributed by atoms with Crippen LogP contribution in [-0.2, 0) is 9.59 Å². The molecule has 0 saturated carbocycles. The molecule has 1 atom stereocenters. The number of aromatic nitrogens is 1. The molecule has 3 aromatic carbocycles. The molecule has 1 fully saturated rings. The Kier molecular flexibility index (Phi) is 5.19. The van der Waals surface area contributed by atoms with Crippen LogP contribution in [0.15, 0.2) is 72.3 Å². The van der Waals surface area contributed by atoms with E-state index >= 15 is 0 Å². The van der Waals surface area contributed by atoms with Gasteiger partial charge < -0.3 is 5.11 Å². The summed E-state index contributed by atoms with van der Waals surface area (Å²) in [4.78, 5) is 31.8. The molecule has 2 heterocycles. The molecule has 33 heavy (non-hydrogen) atoms. The molecule has 0 unspecified atom stereocenters. The normalized spacial score (nSPS) is 17.8. The van der Waals surface area contributed by atoms with Crippen molar-refractivity contribution in [1.29, 1.82) is 0 Å². The first-order valence-electron chi connectivity index (χ1n) is 9.72. The molecule has 0 aliphatic carbocycles. The van der Waals surface area contributed by atoms with E-state index in [-0.39, 0.29) is 16.3 Å². The fourth-order valence-electron chi connectivity index (χ4n) is 3.77. The molecule has 9 heteroatoms. The number of anilines is 1. The molecule has 0 bridgehead atoms. The largest absolute Gasteiger partial charge is 0.507 e. The Morgan fingerprint density at radius 1 is 1.00 bits per heavy atom. The van der Waals surface area contributed by atoms with Gasteiger partial charge >= 0.3 is 5.91 Å². The lowest BCUT2D eigenvalue weighted by atomic mass is 9.95. The zero-order chi connectivity index (χ0) is 23.3. The number of thiazole rings is 1. The third-order valence-electron chi connectivity index (χ3n) is 5.27. The summed E-state index contributed by atoms with van der Waals surface area (Å²) >= 11 is 7.21.